The molecule has 2 aliphatic rings. The molecule has 184 valence electrons. The molecule has 2 aliphatic heterocycles. The number of methoxy groups -OCH3 is 1. The van der Waals surface area contributed by atoms with Gasteiger partial charge in [-0.05, 0) is 74.1 Å². The largest absolute Gasteiger partial charge is 0.493 e. The van der Waals surface area contributed by atoms with Gasteiger partial charge in [-0.3, -0.25) is 4.90 Å². The molecule has 1 atom stereocenters. The maximum absolute atomic E-state index is 6.27. The molecule has 4 aromatic rings. The second-order valence-corrected chi connectivity index (χ2v) is 9.54. The van der Waals surface area contributed by atoms with Crippen LogP contribution >= 0.6 is 0 Å². The summed E-state index contributed by atoms with van der Waals surface area (Å²) in [5.41, 5.74) is 9.27. The number of H-pyrrole nitrogens is 1. The van der Waals surface area contributed by atoms with E-state index in [9.17, 15) is 0 Å². The molecule has 1 aromatic heterocycles. The number of ether oxygens (including phenoxy) is 2. The van der Waals surface area contributed by atoms with Gasteiger partial charge in [0, 0.05) is 35.7 Å². The zero-order chi connectivity index (χ0) is 25.1. The third kappa shape index (κ3) is 4.72. The highest BCUT2D eigenvalue weighted by Gasteiger charge is 2.34. The molecule has 4 nitrogen and oxygen atoms in total. The van der Waals surface area contributed by atoms with E-state index in [0.29, 0.717) is 12.6 Å². The summed E-state index contributed by atoms with van der Waals surface area (Å²) in [4.78, 5) is 6.27. The van der Waals surface area contributed by atoms with Crippen molar-refractivity contribution in [2.75, 3.05) is 13.7 Å². The van der Waals surface area contributed by atoms with Crippen LogP contribution in [-0.2, 0) is 26.0 Å². The van der Waals surface area contributed by atoms with Crippen molar-refractivity contribution < 1.29 is 9.47 Å². The van der Waals surface area contributed by atoms with Crippen molar-refractivity contribution in [3.05, 3.63) is 94.2 Å². The highest BCUT2D eigenvalue weighted by molar-refractivity contribution is 5.85. The Bertz CT molecular complexity index is 1420. The normalized spacial score (nSPS) is 15.9. The predicted octanol–water partition coefficient (Wildman–Crippen LogP) is 6.75. The van der Waals surface area contributed by atoms with E-state index in [-0.39, 0.29) is 0 Å². The smallest absolute Gasteiger partial charge is 0.162 e. The summed E-state index contributed by atoms with van der Waals surface area (Å²) >= 11 is 0. The maximum Gasteiger partial charge on any atom is 0.162 e. The molecule has 6 rings (SSSR count). The average Bonchev–Trinajstić information content (AvgIpc) is 3.28. The lowest BCUT2D eigenvalue weighted by Gasteiger charge is -2.40. The number of aryl methyl sites for hydroxylation is 1. The van der Waals surface area contributed by atoms with Gasteiger partial charge < -0.3 is 14.5 Å². The quantitative estimate of drug-likeness (QED) is 0.330. The lowest BCUT2D eigenvalue weighted by molar-refractivity contribution is 0.158. The zero-order valence-corrected chi connectivity index (χ0v) is 21.7. The van der Waals surface area contributed by atoms with Gasteiger partial charge in [0.05, 0.1) is 7.11 Å². The Labute approximate surface area is 214 Å². The summed E-state index contributed by atoms with van der Waals surface area (Å²) in [5, 5.41) is 1.36. The monoisotopic (exact) mass is 478 g/mol. The third-order valence-electron chi connectivity index (χ3n) is 7.32. The molecule has 0 saturated carbocycles. The fraction of sp³-hybridized carbons (Fsp3) is 0.312. The molecule has 1 N–H and O–H groups in total. The summed E-state index contributed by atoms with van der Waals surface area (Å²) < 4.78 is 12.0. The Morgan fingerprint density at radius 3 is 2.53 bits per heavy atom. The molecule has 0 spiro atoms. The number of para-hydroxylation sites is 1. The van der Waals surface area contributed by atoms with E-state index >= 15 is 0 Å². The van der Waals surface area contributed by atoms with Gasteiger partial charge in [0.1, 0.15) is 6.61 Å². The number of aromatic amines is 1. The Morgan fingerprint density at radius 1 is 1.00 bits per heavy atom. The first kappa shape index (κ1) is 24.0. The highest BCUT2D eigenvalue weighted by Crippen LogP contribution is 2.44. The van der Waals surface area contributed by atoms with Crippen LogP contribution in [0.5, 0.6) is 11.5 Å². The molecule has 3 heterocycles. The molecule has 0 bridgehead atoms. The molecular formula is C32H34N2O2. The Morgan fingerprint density at radius 2 is 1.78 bits per heavy atom. The SMILES string of the molecule is CC#CC.COc1cc2c(cc1OCc1ccc(C)cc1)C1Cc3c([nH]c4ccccc34)CN1CC2. The van der Waals surface area contributed by atoms with Crippen LogP contribution in [0.2, 0.25) is 0 Å². The Balaban J connectivity index is 0.000000623. The fourth-order valence-corrected chi connectivity index (χ4v) is 5.33. The Kier molecular flexibility index (Phi) is 7.02. The van der Waals surface area contributed by atoms with Crippen molar-refractivity contribution in [3.63, 3.8) is 0 Å². The number of fused-ring (bicyclic) bond motifs is 6. The molecule has 36 heavy (non-hydrogen) atoms. The number of nitrogens with one attached hydrogen (secondary N) is 1. The van der Waals surface area contributed by atoms with Crippen LogP contribution in [-0.4, -0.2) is 23.5 Å². The van der Waals surface area contributed by atoms with Gasteiger partial charge in [0.25, 0.3) is 0 Å². The van der Waals surface area contributed by atoms with Gasteiger partial charge in [0.2, 0.25) is 0 Å². The van der Waals surface area contributed by atoms with Gasteiger partial charge in [-0.1, -0.05) is 48.0 Å². The first-order valence-corrected chi connectivity index (χ1v) is 12.7. The maximum atomic E-state index is 6.27. The molecule has 4 heteroatoms. The number of benzene rings is 3. The van der Waals surface area contributed by atoms with Crippen LogP contribution in [0.15, 0.2) is 60.7 Å². The van der Waals surface area contributed by atoms with E-state index in [1.54, 1.807) is 7.11 Å². The zero-order valence-electron chi connectivity index (χ0n) is 21.7. The van der Waals surface area contributed by atoms with Gasteiger partial charge in [0.15, 0.2) is 11.5 Å². The molecule has 0 amide bonds. The molecule has 0 fully saturated rings. The predicted molar refractivity (Wildman–Crippen MR) is 146 cm³/mol. The van der Waals surface area contributed by atoms with Crippen LogP contribution in [0.3, 0.4) is 0 Å². The fourth-order valence-electron chi connectivity index (χ4n) is 5.33. The molecule has 0 radical (unpaired) electrons. The Hall–Kier alpha value is -3.68. The molecule has 0 aliphatic carbocycles. The first-order chi connectivity index (χ1) is 17.6. The van der Waals surface area contributed by atoms with Gasteiger partial charge >= 0.3 is 0 Å². The molecule has 1 unspecified atom stereocenters. The average molecular weight is 479 g/mol. The van der Waals surface area contributed by atoms with E-state index < -0.39 is 0 Å². The number of hydrogen-bond donors (Lipinski definition) is 1. The number of aromatic nitrogens is 1. The summed E-state index contributed by atoms with van der Waals surface area (Å²) in [6, 6.07) is 22.0. The van der Waals surface area contributed by atoms with Crippen LogP contribution in [0.4, 0.5) is 0 Å². The second kappa shape index (κ2) is 10.5. The minimum Gasteiger partial charge on any atom is -0.493 e. The van der Waals surface area contributed by atoms with Gasteiger partial charge in [-0.25, -0.2) is 0 Å². The highest BCUT2D eigenvalue weighted by atomic mass is 16.5. The third-order valence-corrected chi connectivity index (χ3v) is 7.32. The lowest BCUT2D eigenvalue weighted by atomic mass is 9.85. The molecule has 0 saturated heterocycles. The van der Waals surface area contributed by atoms with Crippen LogP contribution in [0, 0.1) is 18.8 Å². The topological polar surface area (TPSA) is 37.5 Å². The van der Waals surface area contributed by atoms with Crippen molar-refractivity contribution in [1.82, 2.24) is 9.88 Å². The van der Waals surface area contributed by atoms with E-state index in [1.165, 1.54) is 38.9 Å². The van der Waals surface area contributed by atoms with E-state index in [4.69, 9.17) is 9.47 Å². The standard InChI is InChI=1S/C28H28N2O2.C4H6/c1-18-7-9-19(10-8-18)17-32-28-15-22-20(13-27(28)31-2)11-12-30-16-25-23(14-26(22)30)21-5-3-4-6-24(21)29-25;1-3-4-2/h3-10,13,15,26,29H,11-12,14,16-17H2,1-2H3;1-2H3. The van der Waals surface area contributed by atoms with E-state index in [1.807, 2.05) is 13.8 Å². The molecule has 3 aromatic carbocycles. The summed E-state index contributed by atoms with van der Waals surface area (Å²) in [7, 11) is 1.73. The summed E-state index contributed by atoms with van der Waals surface area (Å²) in [6.45, 7) is 8.32. The number of nitrogens with zero attached hydrogens (tertiary/aromatic N) is 1. The first-order valence-electron chi connectivity index (χ1n) is 12.7. The van der Waals surface area contributed by atoms with Crippen molar-refractivity contribution in [2.45, 2.75) is 52.8 Å². The van der Waals surface area contributed by atoms with Crippen molar-refractivity contribution in [3.8, 4) is 23.3 Å². The minimum absolute atomic E-state index is 0.373. The van der Waals surface area contributed by atoms with Crippen LogP contribution in [0.25, 0.3) is 10.9 Å². The van der Waals surface area contributed by atoms with Crippen molar-refractivity contribution in [2.24, 2.45) is 0 Å². The van der Waals surface area contributed by atoms with Crippen molar-refractivity contribution >= 4 is 10.9 Å². The van der Waals surface area contributed by atoms with Crippen molar-refractivity contribution in [1.29, 1.82) is 0 Å². The second-order valence-electron chi connectivity index (χ2n) is 9.54. The van der Waals surface area contributed by atoms with Crippen LogP contribution in [0.1, 0.15) is 53.4 Å². The lowest BCUT2D eigenvalue weighted by Crippen LogP contribution is -2.39. The van der Waals surface area contributed by atoms with Crippen LogP contribution < -0.4 is 9.47 Å². The van der Waals surface area contributed by atoms with Gasteiger partial charge in [-0.15, -0.1) is 11.8 Å². The molecular weight excluding hydrogens is 444 g/mol. The number of rotatable bonds is 4. The van der Waals surface area contributed by atoms with Gasteiger partial charge in [-0.2, -0.15) is 0 Å². The van der Waals surface area contributed by atoms with E-state index in [2.05, 4.69) is 89.3 Å². The van der Waals surface area contributed by atoms with E-state index in [0.717, 1.165) is 43.0 Å². The minimum atomic E-state index is 0.373. The summed E-state index contributed by atoms with van der Waals surface area (Å²) in [6.07, 6.45) is 2.06. The number of hydrogen-bond acceptors (Lipinski definition) is 3. The summed E-state index contributed by atoms with van der Waals surface area (Å²) in [5.74, 6) is 7.02.